The van der Waals surface area contributed by atoms with Gasteiger partial charge in [0.25, 0.3) is 5.91 Å². The second-order valence-corrected chi connectivity index (χ2v) is 5.06. The summed E-state index contributed by atoms with van der Waals surface area (Å²) in [6, 6.07) is 7.60. The van der Waals surface area contributed by atoms with Crippen LogP contribution in [0.1, 0.15) is 35.9 Å². The highest BCUT2D eigenvalue weighted by molar-refractivity contribution is 5.92. The second-order valence-electron chi connectivity index (χ2n) is 5.06. The van der Waals surface area contributed by atoms with Crippen molar-refractivity contribution in [2.24, 2.45) is 5.92 Å². The highest BCUT2D eigenvalue weighted by Crippen LogP contribution is 2.24. The van der Waals surface area contributed by atoms with Crippen LogP contribution in [0.2, 0.25) is 0 Å². The molecule has 0 spiro atoms. The van der Waals surface area contributed by atoms with Gasteiger partial charge in [-0.2, -0.15) is 0 Å². The van der Waals surface area contributed by atoms with E-state index in [-0.39, 0.29) is 17.9 Å². The molecule has 1 aromatic heterocycles. The Labute approximate surface area is 124 Å². The lowest BCUT2D eigenvalue weighted by atomic mass is 9.96. The molecule has 1 aromatic carbocycles. The van der Waals surface area contributed by atoms with E-state index < -0.39 is 0 Å². The zero-order chi connectivity index (χ0) is 15.2. The molecule has 0 fully saturated rings. The van der Waals surface area contributed by atoms with Crippen molar-refractivity contribution in [1.29, 1.82) is 0 Å². The van der Waals surface area contributed by atoms with E-state index in [1.165, 1.54) is 12.4 Å². The third kappa shape index (κ3) is 3.78. The molecule has 0 aliphatic rings. The fraction of sp³-hybridized carbons (Fsp3) is 0.312. The molecule has 0 radical (unpaired) electrons. The van der Waals surface area contributed by atoms with Gasteiger partial charge in [0.05, 0.1) is 19.3 Å². The van der Waals surface area contributed by atoms with Crippen LogP contribution in [0, 0.1) is 5.92 Å². The molecule has 2 aromatic rings. The quantitative estimate of drug-likeness (QED) is 0.917. The topological polar surface area (TPSA) is 64.1 Å². The summed E-state index contributed by atoms with van der Waals surface area (Å²) in [5.41, 5.74) is 1.35. The van der Waals surface area contributed by atoms with Crippen molar-refractivity contribution in [3.63, 3.8) is 0 Å². The van der Waals surface area contributed by atoms with E-state index in [1.54, 1.807) is 13.3 Å². The number of aromatic nitrogens is 2. The lowest BCUT2D eigenvalue weighted by Gasteiger charge is -2.23. The number of nitrogens with one attached hydrogen (secondary N) is 1. The molecule has 0 saturated heterocycles. The normalized spacial score (nSPS) is 12.0. The Morgan fingerprint density at radius 2 is 1.90 bits per heavy atom. The van der Waals surface area contributed by atoms with Crippen LogP contribution >= 0.6 is 0 Å². The van der Waals surface area contributed by atoms with Gasteiger partial charge in [-0.3, -0.25) is 9.78 Å². The maximum absolute atomic E-state index is 12.2. The van der Waals surface area contributed by atoms with Gasteiger partial charge < -0.3 is 10.1 Å². The molecule has 1 heterocycles. The average molecular weight is 285 g/mol. The lowest BCUT2D eigenvalue weighted by molar-refractivity contribution is 0.0920. The van der Waals surface area contributed by atoms with Crippen molar-refractivity contribution < 1.29 is 9.53 Å². The average Bonchev–Trinajstić information content (AvgIpc) is 2.53. The van der Waals surface area contributed by atoms with Gasteiger partial charge in [-0.05, 0) is 23.6 Å². The number of ether oxygens (including phenoxy) is 1. The van der Waals surface area contributed by atoms with E-state index in [4.69, 9.17) is 4.74 Å². The highest BCUT2D eigenvalue weighted by atomic mass is 16.5. The smallest absolute Gasteiger partial charge is 0.271 e. The Morgan fingerprint density at radius 1 is 1.19 bits per heavy atom. The summed E-state index contributed by atoms with van der Waals surface area (Å²) in [5, 5.41) is 3.00. The van der Waals surface area contributed by atoms with E-state index in [1.807, 2.05) is 24.3 Å². The summed E-state index contributed by atoms with van der Waals surface area (Å²) in [5.74, 6) is 0.818. The van der Waals surface area contributed by atoms with Gasteiger partial charge in [0, 0.05) is 12.4 Å². The minimum Gasteiger partial charge on any atom is -0.497 e. The van der Waals surface area contributed by atoms with Crippen LogP contribution in [0.3, 0.4) is 0 Å². The number of carbonyl (C=O) groups is 1. The van der Waals surface area contributed by atoms with Crippen LogP contribution in [0.4, 0.5) is 0 Å². The van der Waals surface area contributed by atoms with E-state index in [0.717, 1.165) is 11.3 Å². The van der Waals surface area contributed by atoms with E-state index in [0.29, 0.717) is 5.69 Å². The van der Waals surface area contributed by atoms with Crippen molar-refractivity contribution in [1.82, 2.24) is 15.3 Å². The zero-order valence-corrected chi connectivity index (χ0v) is 12.4. The SMILES string of the molecule is COc1ccc(C(NC(=O)c2cnccn2)C(C)C)cc1. The first-order valence-corrected chi connectivity index (χ1v) is 6.82. The van der Waals surface area contributed by atoms with Crippen molar-refractivity contribution in [2.75, 3.05) is 7.11 Å². The lowest BCUT2D eigenvalue weighted by Crippen LogP contribution is -2.32. The van der Waals surface area contributed by atoms with Crippen LogP contribution in [-0.2, 0) is 0 Å². The molecule has 1 unspecified atom stereocenters. The minimum absolute atomic E-state index is 0.0922. The van der Waals surface area contributed by atoms with Gasteiger partial charge >= 0.3 is 0 Å². The van der Waals surface area contributed by atoms with Gasteiger partial charge in [-0.25, -0.2) is 4.98 Å². The summed E-state index contributed by atoms with van der Waals surface area (Å²) in [7, 11) is 1.63. The Morgan fingerprint density at radius 3 is 2.43 bits per heavy atom. The number of amides is 1. The molecule has 5 nitrogen and oxygen atoms in total. The largest absolute Gasteiger partial charge is 0.497 e. The number of rotatable bonds is 5. The van der Waals surface area contributed by atoms with Crippen molar-refractivity contribution >= 4 is 5.91 Å². The first-order chi connectivity index (χ1) is 10.1. The predicted molar refractivity (Wildman–Crippen MR) is 80.1 cm³/mol. The second kappa shape index (κ2) is 6.83. The zero-order valence-electron chi connectivity index (χ0n) is 12.4. The van der Waals surface area contributed by atoms with Crippen molar-refractivity contribution in [2.45, 2.75) is 19.9 Å². The van der Waals surface area contributed by atoms with Gasteiger partial charge in [0.2, 0.25) is 0 Å². The summed E-state index contributed by atoms with van der Waals surface area (Å²) in [4.78, 5) is 20.1. The third-order valence-electron chi connectivity index (χ3n) is 3.22. The Bertz CT molecular complexity index is 582. The molecule has 0 saturated carbocycles. The van der Waals surface area contributed by atoms with Crippen LogP contribution in [0.15, 0.2) is 42.9 Å². The van der Waals surface area contributed by atoms with Gasteiger partial charge in [-0.1, -0.05) is 26.0 Å². The number of nitrogens with zero attached hydrogens (tertiary/aromatic N) is 2. The van der Waals surface area contributed by atoms with Crippen LogP contribution in [-0.4, -0.2) is 23.0 Å². The first-order valence-electron chi connectivity index (χ1n) is 6.82. The van der Waals surface area contributed by atoms with Crippen LogP contribution < -0.4 is 10.1 Å². The minimum atomic E-state index is -0.224. The third-order valence-corrected chi connectivity index (χ3v) is 3.22. The molecular formula is C16H19N3O2. The number of hydrogen-bond acceptors (Lipinski definition) is 4. The fourth-order valence-electron chi connectivity index (χ4n) is 2.08. The first kappa shape index (κ1) is 15.0. The molecule has 0 aliphatic carbocycles. The Kier molecular flexibility index (Phi) is 4.87. The van der Waals surface area contributed by atoms with Gasteiger partial charge in [0.1, 0.15) is 11.4 Å². The van der Waals surface area contributed by atoms with E-state index >= 15 is 0 Å². The van der Waals surface area contributed by atoms with Crippen LogP contribution in [0.25, 0.3) is 0 Å². The Hall–Kier alpha value is -2.43. The molecule has 21 heavy (non-hydrogen) atoms. The van der Waals surface area contributed by atoms with Gasteiger partial charge in [-0.15, -0.1) is 0 Å². The van der Waals surface area contributed by atoms with E-state index in [9.17, 15) is 4.79 Å². The molecule has 5 heteroatoms. The summed E-state index contributed by atoms with van der Waals surface area (Å²) in [6.07, 6.45) is 4.51. The molecule has 0 aliphatic heterocycles. The highest BCUT2D eigenvalue weighted by Gasteiger charge is 2.19. The number of carbonyl (C=O) groups excluding carboxylic acids is 1. The number of benzene rings is 1. The Balaban J connectivity index is 2.17. The fourth-order valence-corrected chi connectivity index (χ4v) is 2.08. The molecule has 1 atom stereocenters. The van der Waals surface area contributed by atoms with E-state index in [2.05, 4.69) is 29.1 Å². The maximum Gasteiger partial charge on any atom is 0.271 e. The van der Waals surface area contributed by atoms with Crippen LogP contribution in [0.5, 0.6) is 5.75 Å². The molecule has 0 bridgehead atoms. The van der Waals surface area contributed by atoms with Gasteiger partial charge in [0.15, 0.2) is 0 Å². The summed E-state index contributed by atoms with van der Waals surface area (Å²) < 4.78 is 5.15. The molecule has 2 rings (SSSR count). The molecule has 1 N–H and O–H groups in total. The number of methoxy groups -OCH3 is 1. The predicted octanol–water partition coefficient (Wildman–Crippen LogP) is 2.61. The maximum atomic E-state index is 12.2. The standard InChI is InChI=1S/C16H19N3O2/c1-11(2)15(12-4-6-13(21-3)7-5-12)19-16(20)14-10-17-8-9-18-14/h4-11,15H,1-3H3,(H,19,20). The van der Waals surface area contributed by atoms with Crippen molar-refractivity contribution in [3.05, 3.63) is 54.1 Å². The monoisotopic (exact) mass is 285 g/mol. The molecule has 1 amide bonds. The van der Waals surface area contributed by atoms with Crippen molar-refractivity contribution in [3.8, 4) is 5.75 Å². The summed E-state index contributed by atoms with van der Waals surface area (Å²) >= 11 is 0. The number of hydrogen-bond donors (Lipinski definition) is 1. The molecular weight excluding hydrogens is 266 g/mol. The molecule has 110 valence electrons. The summed E-state index contributed by atoms with van der Waals surface area (Å²) in [6.45, 7) is 4.12.